The molecule has 0 fully saturated rings. The molecule has 0 aliphatic carbocycles. The van der Waals surface area contributed by atoms with Crippen molar-refractivity contribution < 1.29 is 9.21 Å². The van der Waals surface area contributed by atoms with Crippen molar-refractivity contribution in [2.75, 3.05) is 0 Å². The van der Waals surface area contributed by atoms with Crippen LogP contribution in [0.4, 0.5) is 0 Å². The van der Waals surface area contributed by atoms with Crippen LogP contribution in [-0.4, -0.2) is 5.91 Å². The Hall–Kier alpha value is -1.77. The molecule has 1 aromatic heterocycles. The molecule has 0 spiro atoms. The highest BCUT2D eigenvalue weighted by molar-refractivity contribution is 6.05. The molecule has 0 saturated heterocycles. The van der Waals surface area contributed by atoms with Crippen LogP contribution >= 0.6 is 0 Å². The molecule has 0 aromatic carbocycles. The molecule has 14 heavy (non-hydrogen) atoms. The molecule has 0 bridgehead atoms. The quantitative estimate of drug-likeness (QED) is 0.687. The predicted molar refractivity (Wildman–Crippen MR) is 53.2 cm³/mol. The van der Waals surface area contributed by atoms with Crippen molar-refractivity contribution in [1.29, 1.82) is 0 Å². The Bertz CT molecular complexity index is 424. The van der Waals surface area contributed by atoms with E-state index in [9.17, 15) is 4.79 Å². The topological polar surface area (TPSA) is 42.2 Å². The summed E-state index contributed by atoms with van der Waals surface area (Å²) in [7, 11) is 0. The van der Waals surface area contributed by atoms with Crippen LogP contribution < -0.4 is 5.32 Å². The van der Waals surface area contributed by atoms with Gasteiger partial charge >= 0.3 is 0 Å². The molecule has 1 N–H and O–H groups in total. The fourth-order valence-corrected chi connectivity index (χ4v) is 1.39. The molecule has 3 nitrogen and oxygen atoms in total. The molecule has 1 aliphatic rings. The molecule has 2 rings (SSSR count). The van der Waals surface area contributed by atoms with Crippen LogP contribution in [0.5, 0.6) is 0 Å². The zero-order valence-corrected chi connectivity index (χ0v) is 8.13. The van der Waals surface area contributed by atoms with Gasteiger partial charge in [0.15, 0.2) is 0 Å². The van der Waals surface area contributed by atoms with Crippen molar-refractivity contribution >= 4 is 12.0 Å². The van der Waals surface area contributed by atoms with E-state index in [4.69, 9.17) is 4.42 Å². The minimum Gasteiger partial charge on any atom is -0.465 e. The fourth-order valence-electron chi connectivity index (χ4n) is 1.39. The Kier molecular flexibility index (Phi) is 2.00. The van der Waals surface area contributed by atoms with Crippen LogP contribution in [0.3, 0.4) is 0 Å². The van der Waals surface area contributed by atoms with E-state index in [0.29, 0.717) is 11.3 Å². The third-order valence-corrected chi connectivity index (χ3v) is 2.34. The highest BCUT2D eigenvalue weighted by atomic mass is 16.3. The first kappa shape index (κ1) is 8.81. The van der Waals surface area contributed by atoms with Crippen molar-refractivity contribution in [3.8, 4) is 0 Å². The first-order valence-corrected chi connectivity index (χ1v) is 4.43. The van der Waals surface area contributed by atoms with E-state index >= 15 is 0 Å². The number of hydrogen-bond acceptors (Lipinski definition) is 2. The van der Waals surface area contributed by atoms with E-state index in [-0.39, 0.29) is 5.91 Å². The number of furan rings is 1. The number of carbonyl (C=O) groups excluding carboxylic acids is 1. The lowest BCUT2D eigenvalue weighted by atomic mass is 10.1. The van der Waals surface area contributed by atoms with Crippen LogP contribution in [0.25, 0.3) is 6.08 Å². The van der Waals surface area contributed by atoms with Crippen LogP contribution in [0, 0.1) is 0 Å². The average Bonchev–Trinajstić information content (AvgIpc) is 2.71. The summed E-state index contributed by atoms with van der Waals surface area (Å²) in [4.78, 5) is 11.5. The van der Waals surface area contributed by atoms with Gasteiger partial charge in [-0.25, -0.2) is 0 Å². The second kappa shape index (κ2) is 3.18. The van der Waals surface area contributed by atoms with E-state index in [2.05, 4.69) is 5.32 Å². The maximum atomic E-state index is 11.5. The van der Waals surface area contributed by atoms with Gasteiger partial charge in [0.05, 0.1) is 6.26 Å². The Morgan fingerprint density at radius 2 is 2.21 bits per heavy atom. The molecule has 2 heterocycles. The Labute approximate surface area is 82.1 Å². The van der Waals surface area contributed by atoms with Gasteiger partial charge in [0, 0.05) is 11.3 Å². The minimum atomic E-state index is -0.0589. The maximum Gasteiger partial charge on any atom is 0.255 e. The van der Waals surface area contributed by atoms with Gasteiger partial charge < -0.3 is 9.73 Å². The van der Waals surface area contributed by atoms with E-state index in [0.717, 1.165) is 11.3 Å². The Balaban J connectivity index is 2.40. The number of nitrogens with one attached hydrogen (secondary N) is 1. The highest BCUT2D eigenvalue weighted by Crippen LogP contribution is 2.22. The standard InChI is InChI=1S/C11H11NO2/c1-7-8(2)12-11(13)10(7)6-9-4-3-5-14-9/h3-6H,1-2H3,(H,12,13). The molecule has 0 atom stereocenters. The van der Waals surface area contributed by atoms with Crippen molar-refractivity contribution in [3.63, 3.8) is 0 Å². The van der Waals surface area contributed by atoms with Gasteiger partial charge in [-0.3, -0.25) is 4.79 Å². The third kappa shape index (κ3) is 1.37. The van der Waals surface area contributed by atoms with Gasteiger partial charge in [0.2, 0.25) is 0 Å². The van der Waals surface area contributed by atoms with Gasteiger partial charge in [-0.15, -0.1) is 0 Å². The summed E-state index contributed by atoms with van der Waals surface area (Å²) in [6, 6.07) is 3.62. The molecule has 0 radical (unpaired) electrons. The molecular weight excluding hydrogens is 178 g/mol. The molecule has 3 heteroatoms. The Morgan fingerprint density at radius 1 is 1.43 bits per heavy atom. The van der Waals surface area contributed by atoms with Crippen LogP contribution in [0.1, 0.15) is 19.6 Å². The number of allylic oxidation sites excluding steroid dienone is 1. The predicted octanol–water partition coefficient (Wildman–Crippen LogP) is 2.09. The lowest BCUT2D eigenvalue weighted by Gasteiger charge is -1.94. The summed E-state index contributed by atoms with van der Waals surface area (Å²) in [6.07, 6.45) is 3.34. The smallest absolute Gasteiger partial charge is 0.255 e. The number of rotatable bonds is 1. The number of hydrogen-bond donors (Lipinski definition) is 1. The Morgan fingerprint density at radius 3 is 2.71 bits per heavy atom. The van der Waals surface area contributed by atoms with Gasteiger partial charge in [0.25, 0.3) is 5.91 Å². The summed E-state index contributed by atoms with van der Waals surface area (Å²) < 4.78 is 5.15. The van der Waals surface area contributed by atoms with Crippen molar-refractivity contribution in [3.05, 3.63) is 41.0 Å². The summed E-state index contributed by atoms with van der Waals surface area (Å²) in [5.74, 6) is 0.639. The molecule has 0 saturated carbocycles. The first-order valence-electron chi connectivity index (χ1n) is 4.43. The summed E-state index contributed by atoms with van der Waals surface area (Å²) in [5.41, 5.74) is 2.57. The summed E-state index contributed by atoms with van der Waals surface area (Å²) in [6.45, 7) is 3.80. The highest BCUT2D eigenvalue weighted by Gasteiger charge is 2.21. The summed E-state index contributed by atoms with van der Waals surface area (Å²) >= 11 is 0. The van der Waals surface area contributed by atoms with E-state index in [1.807, 2.05) is 19.9 Å². The van der Waals surface area contributed by atoms with E-state index < -0.39 is 0 Å². The van der Waals surface area contributed by atoms with Crippen molar-refractivity contribution in [1.82, 2.24) is 5.32 Å². The minimum absolute atomic E-state index is 0.0589. The maximum absolute atomic E-state index is 11.5. The number of carbonyl (C=O) groups is 1. The van der Waals surface area contributed by atoms with Crippen molar-refractivity contribution in [2.45, 2.75) is 13.8 Å². The van der Waals surface area contributed by atoms with Crippen LogP contribution in [0.15, 0.2) is 39.7 Å². The zero-order chi connectivity index (χ0) is 10.1. The molecular formula is C11H11NO2. The van der Waals surface area contributed by atoms with E-state index in [1.54, 1.807) is 18.4 Å². The lowest BCUT2D eigenvalue weighted by Crippen LogP contribution is -2.14. The second-order valence-electron chi connectivity index (χ2n) is 3.28. The molecule has 1 amide bonds. The average molecular weight is 189 g/mol. The zero-order valence-electron chi connectivity index (χ0n) is 8.13. The third-order valence-electron chi connectivity index (χ3n) is 2.34. The monoisotopic (exact) mass is 189 g/mol. The lowest BCUT2D eigenvalue weighted by molar-refractivity contribution is -0.115. The second-order valence-corrected chi connectivity index (χ2v) is 3.28. The van der Waals surface area contributed by atoms with Crippen molar-refractivity contribution in [2.24, 2.45) is 0 Å². The van der Waals surface area contributed by atoms with Gasteiger partial charge in [-0.1, -0.05) is 0 Å². The van der Waals surface area contributed by atoms with Gasteiger partial charge in [-0.05, 0) is 37.6 Å². The molecule has 1 aliphatic heterocycles. The molecule has 1 aromatic rings. The summed E-state index contributed by atoms with van der Waals surface area (Å²) in [5, 5.41) is 2.76. The number of amides is 1. The largest absolute Gasteiger partial charge is 0.465 e. The van der Waals surface area contributed by atoms with Gasteiger partial charge in [-0.2, -0.15) is 0 Å². The first-order chi connectivity index (χ1) is 6.68. The molecule has 0 unspecified atom stereocenters. The normalized spacial score (nSPS) is 19.3. The fraction of sp³-hybridized carbons (Fsp3) is 0.182. The SMILES string of the molecule is CC1=C(C)C(=Cc2ccco2)C(=O)N1. The van der Waals surface area contributed by atoms with E-state index in [1.165, 1.54) is 0 Å². The van der Waals surface area contributed by atoms with Crippen LogP contribution in [0.2, 0.25) is 0 Å². The molecule has 72 valence electrons. The van der Waals surface area contributed by atoms with Crippen LogP contribution in [-0.2, 0) is 4.79 Å². The van der Waals surface area contributed by atoms with Gasteiger partial charge in [0.1, 0.15) is 5.76 Å².